The Morgan fingerprint density at radius 3 is 2.65 bits per heavy atom. The molecule has 2 aliphatic rings. The summed E-state index contributed by atoms with van der Waals surface area (Å²) >= 11 is 6.43. The monoisotopic (exact) mass is 527 g/mol. The Labute approximate surface area is 229 Å². The molecule has 0 aromatic heterocycles. The summed E-state index contributed by atoms with van der Waals surface area (Å²) in [4.78, 5) is 16.8. The van der Waals surface area contributed by atoms with Gasteiger partial charge in [-0.3, -0.25) is 0 Å². The second kappa shape index (κ2) is 15.1. The third kappa shape index (κ3) is 9.45. The van der Waals surface area contributed by atoms with E-state index in [4.69, 9.17) is 22.1 Å². The molecule has 3 rings (SSSR count). The number of ether oxygens (including phenoxy) is 1. The highest BCUT2D eigenvalue weighted by Crippen LogP contribution is 2.40. The number of hydrogen-bond acceptors (Lipinski definition) is 4. The first-order chi connectivity index (χ1) is 17.9. The largest absolute Gasteiger partial charge is 0.446 e. The van der Waals surface area contributed by atoms with Crippen LogP contribution in [0.5, 0.6) is 0 Å². The number of halogens is 1. The fourth-order valence-electron chi connectivity index (χ4n) is 5.71. The third-order valence-electron chi connectivity index (χ3n) is 7.72. The van der Waals surface area contributed by atoms with Crippen molar-refractivity contribution in [2.45, 2.75) is 83.2 Å². The molecule has 1 atom stereocenters. The standard InChI is InChI=1S/C31H46ClN3O2/c1-24(2)22-30(25-15-19-35(20-16-25)31(36)37-28-11-7-4-8-12-28)29-14-13-27(32)23-26(29)10-6-5-9-18-34(3)21-17-33/h6,10,13-14,17,21,23,25,28,30H,1,4-5,7-9,11-12,15-16,18-20,22,33H2,2-3H3/b10-6+,21-17-. The summed E-state index contributed by atoms with van der Waals surface area (Å²) in [6, 6.07) is 6.28. The molecule has 1 aliphatic heterocycles. The van der Waals surface area contributed by atoms with Gasteiger partial charge in [-0.15, -0.1) is 6.58 Å². The zero-order valence-corrected chi connectivity index (χ0v) is 23.6. The van der Waals surface area contributed by atoms with Gasteiger partial charge in [-0.05, 0) is 99.8 Å². The van der Waals surface area contributed by atoms with E-state index in [0.717, 1.165) is 69.6 Å². The van der Waals surface area contributed by atoms with E-state index >= 15 is 0 Å². The van der Waals surface area contributed by atoms with Crippen molar-refractivity contribution >= 4 is 23.8 Å². The smallest absolute Gasteiger partial charge is 0.410 e. The van der Waals surface area contributed by atoms with Crippen molar-refractivity contribution < 1.29 is 9.53 Å². The van der Waals surface area contributed by atoms with Crippen LogP contribution in [-0.2, 0) is 4.74 Å². The second-order valence-electron chi connectivity index (χ2n) is 10.9. The maximum absolute atomic E-state index is 12.8. The van der Waals surface area contributed by atoms with E-state index in [1.807, 2.05) is 24.2 Å². The molecule has 2 N–H and O–H groups in total. The van der Waals surface area contributed by atoms with Crippen LogP contribution in [0.15, 0.2) is 48.8 Å². The Morgan fingerprint density at radius 2 is 1.97 bits per heavy atom. The predicted octanol–water partition coefficient (Wildman–Crippen LogP) is 7.73. The van der Waals surface area contributed by atoms with Gasteiger partial charge in [0.15, 0.2) is 0 Å². The van der Waals surface area contributed by atoms with Gasteiger partial charge in [0.2, 0.25) is 0 Å². The van der Waals surface area contributed by atoms with Crippen LogP contribution in [-0.4, -0.2) is 48.7 Å². The van der Waals surface area contributed by atoms with Crippen LogP contribution in [0.4, 0.5) is 4.79 Å². The van der Waals surface area contributed by atoms with Gasteiger partial charge in [0.25, 0.3) is 0 Å². The summed E-state index contributed by atoms with van der Waals surface area (Å²) in [5.74, 6) is 0.840. The molecule has 1 amide bonds. The van der Waals surface area contributed by atoms with Gasteiger partial charge in [-0.2, -0.15) is 0 Å². The fourth-order valence-corrected chi connectivity index (χ4v) is 5.89. The van der Waals surface area contributed by atoms with Gasteiger partial charge in [0.05, 0.1) is 0 Å². The molecule has 1 saturated heterocycles. The molecular weight excluding hydrogens is 482 g/mol. The first-order valence-corrected chi connectivity index (χ1v) is 14.4. The topological polar surface area (TPSA) is 58.8 Å². The van der Waals surface area contributed by atoms with Crippen molar-refractivity contribution in [1.29, 1.82) is 0 Å². The quantitative estimate of drug-likeness (QED) is 0.236. The number of unbranched alkanes of at least 4 members (excludes halogenated alkanes) is 1. The molecule has 1 aliphatic carbocycles. The van der Waals surface area contributed by atoms with E-state index in [2.05, 4.69) is 42.7 Å². The molecule has 1 heterocycles. The molecular formula is C31H46ClN3O2. The minimum absolute atomic E-state index is 0.107. The van der Waals surface area contributed by atoms with Crippen LogP contribution in [0, 0.1) is 5.92 Å². The molecule has 37 heavy (non-hydrogen) atoms. The molecule has 5 nitrogen and oxygen atoms in total. The summed E-state index contributed by atoms with van der Waals surface area (Å²) in [5.41, 5.74) is 9.17. The zero-order chi connectivity index (χ0) is 26.6. The number of likely N-dealkylation sites (tertiary alicyclic amines) is 1. The normalized spacial score (nSPS) is 18.4. The number of hydrogen-bond donors (Lipinski definition) is 1. The Hall–Kier alpha value is -2.40. The highest BCUT2D eigenvalue weighted by Gasteiger charge is 2.32. The van der Waals surface area contributed by atoms with E-state index in [0.29, 0.717) is 11.8 Å². The van der Waals surface area contributed by atoms with Gasteiger partial charge in [0.1, 0.15) is 6.10 Å². The van der Waals surface area contributed by atoms with Crippen LogP contribution in [0.2, 0.25) is 5.02 Å². The molecule has 2 fully saturated rings. The molecule has 1 aromatic rings. The summed E-state index contributed by atoms with van der Waals surface area (Å²) in [6.45, 7) is 8.83. The van der Waals surface area contributed by atoms with Gasteiger partial charge >= 0.3 is 6.09 Å². The number of amides is 1. The van der Waals surface area contributed by atoms with Gasteiger partial charge in [-0.25, -0.2) is 4.79 Å². The summed E-state index contributed by atoms with van der Waals surface area (Å²) in [7, 11) is 2.03. The van der Waals surface area contributed by atoms with E-state index in [1.165, 1.54) is 36.0 Å². The first kappa shape index (κ1) is 29.2. The summed E-state index contributed by atoms with van der Waals surface area (Å²) in [5, 5.41) is 0.755. The lowest BCUT2D eigenvalue weighted by molar-refractivity contribution is 0.0366. The van der Waals surface area contributed by atoms with Gasteiger partial charge < -0.3 is 20.3 Å². The highest BCUT2D eigenvalue weighted by atomic mass is 35.5. The van der Waals surface area contributed by atoms with Crippen molar-refractivity contribution in [1.82, 2.24) is 9.80 Å². The lowest BCUT2D eigenvalue weighted by Gasteiger charge is -2.37. The molecule has 204 valence electrons. The van der Waals surface area contributed by atoms with Gasteiger partial charge in [0, 0.05) is 44.1 Å². The Bertz CT molecular complexity index is 930. The Balaban J connectivity index is 1.64. The first-order valence-electron chi connectivity index (χ1n) is 14.0. The minimum Gasteiger partial charge on any atom is -0.446 e. The van der Waals surface area contributed by atoms with Crippen LogP contribution in [0.25, 0.3) is 6.08 Å². The molecule has 0 spiro atoms. The van der Waals surface area contributed by atoms with E-state index in [-0.39, 0.29) is 12.2 Å². The maximum atomic E-state index is 12.8. The number of rotatable bonds is 11. The number of allylic oxidation sites excluding steroid dienone is 2. The van der Waals surface area contributed by atoms with Crippen LogP contribution >= 0.6 is 11.6 Å². The molecule has 0 bridgehead atoms. The molecule has 1 unspecified atom stereocenters. The van der Waals surface area contributed by atoms with E-state index in [1.54, 1.807) is 6.20 Å². The van der Waals surface area contributed by atoms with Crippen molar-refractivity contribution in [2.75, 3.05) is 26.7 Å². The highest BCUT2D eigenvalue weighted by molar-refractivity contribution is 6.30. The van der Waals surface area contributed by atoms with Crippen LogP contribution in [0.3, 0.4) is 0 Å². The SMILES string of the molecule is C=C(C)CC(c1ccc(Cl)cc1/C=C/CCCN(C)/C=C\N)C1CCN(C(=O)OC2CCCCC2)CC1. The van der Waals surface area contributed by atoms with Crippen molar-refractivity contribution in [3.8, 4) is 0 Å². The lowest BCUT2D eigenvalue weighted by atomic mass is 9.75. The molecule has 0 radical (unpaired) electrons. The summed E-state index contributed by atoms with van der Waals surface area (Å²) in [6.07, 6.45) is 18.5. The lowest BCUT2D eigenvalue weighted by Crippen LogP contribution is -2.41. The third-order valence-corrected chi connectivity index (χ3v) is 7.96. The van der Waals surface area contributed by atoms with Crippen LogP contribution < -0.4 is 5.73 Å². The number of carbonyl (C=O) groups excluding carboxylic acids is 1. The molecule has 1 aromatic carbocycles. The average Bonchev–Trinajstić information content (AvgIpc) is 2.88. The maximum Gasteiger partial charge on any atom is 0.410 e. The Morgan fingerprint density at radius 1 is 1.24 bits per heavy atom. The number of benzene rings is 1. The van der Waals surface area contributed by atoms with Gasteiger partial charge in [-0.1, -0.05) is 41.8 Å². The van der Waals surface area contributed by atoms with E-state index < -0.39 is 0 Å². The number of carbonyl (C=O) groups is 1. The molecule has 1 saturated carbocycles. The number of nitrogens with two attached hydrogens (primary N) is 1. The van der Waals surface area contributed by atoms with Crippen LogP contribution in [0.1, 0.15) is 88.2 Å². The molecule has 6 heteroatoms. The number of nitrogens with zero attached hydrogens (tertiary/aromatic N) is 2. The Kier molecular flexibility index (Phi) is 11.9. The predicted molar refractivity (Wildman–Crippen MR) is 156 cm³/mol. The zero-order valence-electron chi connectivity index (χ0n) is 22.8. The summed E-state index contributed by atoms with van der Waals surface area (Å²) < 4.78 is 5.84. The van der Waals surface area contributed by atoms with Crippen molar-refractivity contribution in [3.05, 3.63) is 65.0 Å². The van der Waals surface area contributed by atoms with Crippen molar-refractivity contribution in [2.24, 2.45) is 11.7 Å². The fraction of sp³-hybridized carbons (Fsp3) is 0.581. The minimum atomic E-state index is -0.121. The number of piperidine rings is 1. The van der Waals surface area contributed by atoms with E-state index in [9.17, 15) is 4.79 Å². The second-order valence-corrected chi connectivity index (χ2v) is 11.3. The van der Waals surface area contributed by atoms with Crippen molar-refractivity contribution in [3.63, 3.8) is 0 Å². The average molecular weight is 528 g/mol.